The van der Waals surface area contributed by atoms with Gasteiger partial charge in [0.15, 0.2) is 0 Å². The topological polar surface area (TPSA) is 67.6 Å². The predicted molar refractivity (Wildman–Crippen MR) is 90.5 cm³/mol. The summed E-state index contributed by atoms with van der Waals surface area (Å²) in [7, 11) is 0. The van der Waals surface area contributed by atoms with Crippen molar-refractivity contribution in [3.8, 4) is 11.5 Å². The van der Waals surface area contributed by atoms with Gasteiger partial charge in [-0.1, -0.05) is 17.7 Å². The highest BCUT2D eigenvalue weighted by atomic mass is 16.5. The van der Waals surface area contributed by atoms with E-state index < -0.39 is 0 Å². The Hall–Kier alpha value is -2.34. The van der Waals surface area contributed by atoms with E-state index >= 15 is 0 Å². The Kier molecular flexibility index (Phi) is 4.85. The van der Waals surface area contributed by atoms with Crippen LogP contribution in [0.25, 0.3) is 11.5 Å². The largest absolute Gasteiger partial charge is 0.444 e. The number of ether oxygens (including phenoxy) is 1. The lowest BCUT2D eigenvalue weighted by Crippen LogP contribution is -2.51. The Morgan fingerprint density at radius 3 is 2.58 bits per heavy atom. The summed E-state index contributed by atoms with van der Waals surface area (Å²) in [5, 5.41) is 2.89. The van der Waals surface area contributed by atoms with Crippen LogP contribution in [0, 0.1) is 6.92 Å². The molecule has 2 atom stereocenters. The van der Waals surface area contributed by atoms with Gasteiger partial charge in [0.25, 0.3) is 0 Å². The smallest absolute Gasteiger partial charge is 0.317 e. The Balaban J connectivity index is 1.57. The summed E-state index contributed by atoms with van der Waals surface area (Å²) in [6, 6.07) is 7.88. The number of morpholine rings is 1. The number of aryl methyl sites for hydroxylation is 1. The molecule has 0 bridgehead atoms. The first kappa shape index (κ1) is 16.5. The van der Waals surface area contributed by atoms with Crippen LogP contribution in [0.1, 0.15) is 25.1 Å². The Labute approximate surface area is 141 Å². The molecule has 0 radical (unpaired) electrons. The molecule has 2 aromatic rings. The van der Waals surface area contributed by atoms with Gasteiger partial charge in [-0.05, 0) is 32.9 Å². The first-order valence-corrected chi connectivity index (χ1v) is 8.21. The van der Waals surface area contributed by atoms with Gasteiger partial charge in [-0.15, -0.1) is 0 Å². The van der Waals surface area contributed by atoms with Crippen molar-refractivity contribution in [3.63, 3.8) is 0 Å². The Morgan fingerprint density at radius 1 is 1.25 bits per heavy atom. The molecule has 1 fully saturated rings. The highest BCUT2D eigenvalue weighted by molar-refractivity contribution is 5.74. The molecule has 1 aromatic carbocycles. The molecular weight excluding hydrogens is 306 g/mol. The number of rotatable bonds is 3. The van der Waals surface area contributed by atoms with Crippen LogP contribution in [-0.2, 0) is 11.3 Å². The second-order valence-corrected chi connectivity index (χ2v) is 6.33. The van der Waals surface area contributed by atoms with Gasteiger partial charge in [0, 0.05) is 18.7 Å². The zero-order valence-corrected chi connectivity index (χ0v) is 14.3. The van der Waals surface area contributed by atoms with Crippen LogP contribution >= 0.6 is 0 Å². The Morgan fingerprint density at radius 2 is 1.92 bits per heavy atom. The Bertz CT molecular complexity index is 686. The number of oxazole rings is 1. The number of amides is 2. The van der Waals surface area contributed by atoms with Crippen molar-refractivity contribution in [2.75, 3.05) is 13.1 Å². The van der Waals surface area contributed by atoms with E-state index in [0.29, 0.717) is 31.2 Å². The van der Waals surface area contributed by atoms with Crippen LogP contribution in [0.5, 0.6) is 0 Å². The van der Waals surface area contributed by atoms with E-state index in [1.54, 1.807) is 11.2 Å². The van der Waals surface area contributed by atoms with E-state index in [9.17, 15) is 4.79 Å². The predicted octanol–water partition coefficient (Wildman–Crippen LogP) is 2.97. The number of nitrogens with one attached hydrogen (secondary N) is 1. The van der Waals surface area contributed by atoms with E-state index in [1.807, 2.05) is 45.0 Å². The van der Waals surface area contributed by atoms with Crippen LogP contribution in [0.2, 0.25) is 0 Å². The number of nitrogens with zero attached hydrogens (tertiary/aromatic N) is 2. The van der Waals surface area contributed by atoms with E-state index in [-0.39, 0.29) is 18.2 Å². The van der Waals surface area contributed by atoms with Crippen molar-refractivity contribution >= 4 is 6.03 Å². The summed E-state index contributed by atoms with van der Waals surface area (Å²) in [4.78, 5) is 18.5. The van der Waals surface area contributed by atoms with Gasteiger partial charge in [-0.3, -0.25) is 0 Å². The molecule has 0 unspecified atom stereocenters. The van der Waals surface area contributed by atoms with Crippen molar-refractivity contribution in [2.24, 2.45) is 0 Å². The first-order chi connectivity index (χ1) is 11.5. The zero-order valence-electron chi connectivity index (χ0n) is 14.3. The lowest BCUT2D eigenvalue weighted by atomic mass is 10.1. The molecule has 6 heteroatoms. The number of hydrogen-bond acceptors (Lipinski definition) is 4. The van der Waals surface area contributed by atoms with Gasteiger partial charge in [0.2, 0.25) is 5.89 Å². The van der Waals surface area contributed by atoms with Crippen molar-refractivity contribution in [3.05, 3.63) is 41.8 Å². The second-order valence-electron chi connectivity index (χ2n) is 6.33. The summed E-state index contributed by atoms with van der Waals surface area (Å²) in [5.41, 5.74) is 2.81. The zero-order chi connectivity index (χ0) is 17.1. The molecule has 1 aliphatic rings. The van der Waals surface area contributed by atoms with Crippen LogP contribution in [0.15, 0.2) is 34.9 Å². The van der Waals surface area contributed by atoms with Gasteiger partial charge < -0.3 is 19.4 Å². The lowest BCUT2D eigenvalue weighted by molar-refractivity contribution is -0.0545. The van der Waals surface area contributed by atoms with Crippen LogP contribution in [0.4, 0.5) is 4.79 Å². The molecule has 2 heterocycles. The average Bonchev–Trinajstić information content (AvgIpc) is 3.01. The maximum atomic E-state index is 12.3. The monoisotopic (exact) mass is 329 g/mol. The van der Waals surface area contributed by atoms with Gasteiger partial charge in [-0.2, -0.15) is 0 Å². The summed E-state index contributed by atoms with van der Waals surface area (Å²) in [5.74, 6) is 0.563. The molecule has 6 nitrogen and oxygen atoms in total. The van der Waals surface area contributed by atoms with Gasteiger partial charge in [0.05, 0.1) is 24.4 Å². The summed E-state index contributed by atoms with van der Waals surface area (Å²) < 4.78 is 11.1. The molecule has 128 valence electrons. The standard InChI is InChI=1S/C18H23N3O3/c1-12-4-6-15(7-5-12)17-20-16(11-23-17)8-19-18(22)21-9-13(2)24-14(3)10-21/h4-7,11,13-14H,8-10H2,1-3H3,(H,19,22)/t13-,14+. The number of carbonyl (C=O) groups excluding carboxylic acids is 1. The molecule has 0 aliphatic carbocycles. The third-order valence-electron chi connectivity index (χ3n) is 3.98. The van der Waals surface area contributed by atoms with E-state index in [2.05, 4.69) is 10.3 Å². The van der Waals surface area contributed by atoms with Crippen molar-refractivity contribution in [1.29, 1.82) is 0 Å². The SMILES string of the molecule is Cc1ccc(-c2nc(CNC(=O)N3C[C@@H](C)O[C@@H](C)C3)co2)cc1. The molecule has 24 heavy (non-hydrogen) atoms. The third-order valence-corrected chi connectivity index (χ3v) is 3.98. The molecule has 0 saturated carbocycles. The van der Waals surface area contributed by atoms with Crippen LogP contribution < -0.4 is 5.32 Å². The van der Waals surface area contributed by atoms with Crippen LogP contribution in [0.3, 0.4) is 0 Å². The van der Waals surface area contributed by atoms with Crippen molar-refractivity contribution < 1.29 is 13.9 Å². The van der Waals surface area contributed by atoms with E-state index in [0.717, 1.165) is 5.56 Å². The quantitative estimate of drug-likeness (QED) is 0.940. The fraction of sp³-hybridized carbons (Fsp3) is 0.444. The minimum absolute atomic E-state index is 0.0553. The normalized spacial score (nSPS) is 20.9. The second kappa shape index (κ2) is 7.05. The fourth-order valence-corrected chi connectivity index (χ4v) is 2.84. The summed E-state index contributed by atoms with van der Waals surface area (Å²) >= 11 is 0. The fourth-order valence-electron chi connectivity index (χ4n) is 2.84. The molecule has 2 amide bonds. The number of aromatic nitrogens is 1. The van der Waals surface area contributed by atoms with E-state index in [1.165, 1.54) is 5.56 Å². The maximum absolute atomic E-state index is 12.3. The maximum Gasteiger partial charge on any atom is 0.317 e. The first-order valence-electron chi connectivity index (χ1n) is 8.21. The highest BCUT2D eigenvalue weighted by Crippen LogP contribution is 2.19. The minimum atomic E-state index is -0.100. The molecule has 1 aliphatic heterocycles. The highest BCUT2D eigenvalue weighted by Gasteiger charge is 2.25. The molecule has 0 spiro atoms. The average molecular weight is 329 g/mol. The van der Waals surface area contributed by atoms with Gasteiger partial charge in [0.1, 0.15) is 6.26 Å². The number of carbonyl (C=O) groups is 1. The van der Waals surface area contributed by atoms with Gasteiger partial charge in [-0.25, -0.2) is 9.78 Å². The molecule has 1 aromatic heterocycles. The summed E-state index contributed by atoms with van der Waals surface area (Å²) in [6.07, 6.45) is 1.69. The number of hydrogen-bond donors (Lipinski definition) is 1. The molecule has 1 saturated heterocycles. The third kappa shape index (κ3) is 3.94. The van der Waals surface area contributed by atoms with E-state index in [4.69, 9.17) is 9.15 Å². The van der Waals surface area contributed by atoms with Crippen molar-refractivity contribution in [1.82, 2.24) is 15.2 Å². The van der Waals surface area contributed by atoms with Gasteiger partial charge >= 0.3 is 6.03 Å². The van der Waals surface area contributed by atoms with Crippen molar-refractivity contribution in [2.45, 2.75) is 39.5 Å². The number of benzene rings is 1. The minimum Gasteiger partial charge on any atom is -0.444 e. The molecule has 3 rings (SSSR count). The number of urea groups is 1. The molecular formula is C18H23N3O3. The summed E-state index contributed by atoms with van der Waals surface area (Å²) in [6.45, 7) is 7.53. The molecule has 1 N–H and O–H groups in total. The van der Waals surface area contributed by atoms with Crippen LogP contribution in [-0.4, -0.2) is 41.2 Å². The lowest BCUT2D eigenvalue weighted by Gasteiger charge is -2.35.